The highest BCUT2D eigenvalue weighted by Crippen LogP contribution is 2.33. The summed E-state index contributed by atoms with van der Waals surface area (Å²) in [5.74, 6) is 1.02. The van der Waals surface area contributed by atoms with Gasteiger partial charge >= 0.3 is 0 Å². The quantitative estimate of drug-likeness (QED) is 0.501. The van der Waals surface area contributed by atoms with E-state index in [4.69, 9.17) is 16.3 Å². The first kappa shape index (κ1) is 28.4. The van der Waals surface area contributed by atoms with Gasteiger partial charge in [-0.15, -0.1) is 0 Å². The number of halogens is 1. The van der Waals surface area contributed by atoms with E-state index in [9.17, 15) is 14.7 Å². The number of nitrogens with zero attached hydrogens (tertiary/aromatic N) is 3. The summed E-state index contributed by atoms with van der Waals surface area (Å²) in [6.45, 7) is 4.39. The van der Waals surface area contributed by atoms with Crippen LogP contribution in [0, 0.1) is 11.8 Å². The topological polar surface area (TPSA) is 73.3 Å². The van der Waals surface area contributed by atoms with Crippen molar-refractivity contribution in [1.82, 2.24) is 9.80 Å². The number of carbonyl (C=O) groups is 2. The molecule has 7 nitrogen and oxygen atoms in total. The second-order valence-electron chi connectivity index (χ2n) is 10.6. The van der Waals surface area contributed by atoms with Crippen molar-refractivity contribution < 1.29 is 19.4 Å². The van der Waals surface area contributed by atoms with Crippen LogP contribution in [0.2, 0.25) is 5.02 Å². The van der Waals surface area contributed by atoms with Crippen LogP contribution in [0.15, 0.2) is 48.5 Å². The third-order valence-corrected chi connectivity index (χ3v) is 8.40. The molecule has 0 aromatic heterocycles. The lowest BCUT2D eigenvalue weighted by Gasteiger charge is -2.38. The average Bonchev–Trinajstić information content (AvgIpc) is 2.96. The van der Waals surface area contributed by atoms with Gasteiger partial charge in [0.25, 0.3) is 11.8 Å². The third kappa shape index (κ3) is 7.07. The molecule has 0 aliphatic carbocycles. The lowest BCUT2D eigenvalue weighted by atomic mass is 9.82. The lowest BCUT2D eigenvalue weighted by Crippen LogP contribution is -2.42. The summed E-state index contributed by atoms with van der Waals surface area (Å²) in [7, 11) is 3.38. The standard InChI is InChI=1S/C30H40ClN3O4/c1-32(18-19-38-2)29(36)26-9-8-25(21-27(26)31)33-14-10-22(11-15-33)20-23-12-16-34(17-13-23)30(37)28(35)24-6-4-3-5-7-24/h3-9,21-23,28,35H,10-20H2,1-2H3/t28-/m1/s1. The van der Waals surface area contributed by atoms with E-state index in [1.165, 1.54) is 6.42 Å². The minimum atomic E-state index is -1.07. The second-order valence-corrected chi connectivity index (χ2v) is 11.0. The van der Waals surface area contributed by atoms with Crippen molar-refractivity contribution in [2.75, 3.05) is 58.4 Å². The summed E-state index contributed by atoms with van der Waals surface area (Å²) in [5.41, 5.74) is 2.24. The van der Waals surface area contributed by atoms with E-state index in [1.54, 1.807) is 31.2 Å². The molecule has 4 rings (SSSR count). The van der Waals surface area contributed by atoms with Crippen molar-refractivity contribution in [1.29, 1.82) is 0 Å². The number of rotatable bonds is 9. The average molecular weight is 542 g/mol. The fourth-order valence-corrected chi connectivity index (χ4v) is 5.90. The molecule has 2 fully saturated rings. The Labute approximate surface area is 231 Å². The van der Waals surface area contributed by atoms with Gasteiger partial charge in [0, 0.05) is 52.6 Å². The molecule has 2 aromatic carbocycles. The number of amides is 2. The van der Waals surface area contributed by atoms with Crippen LogP contribution in [-0.2, 0) is 9.53 Å². The Morgan fingerprint density at radius 2 is 1.66 bits per heavy atom. The van der Waals surface area contributed by atoms with E-state index in [0.717, 1.165) is 57.5 Å². The highest BCUT2D eigenvalue weighted by atomic mass is 35.5. The zero-order chi connectivity index (χ0) is 27.1. The van der Waals surface area contributed by atoms with Crippen LogP contribution in [0.5, 0.6) is 0 Å². The smallest absolute Gasteiger partial charge is 0.256 e. The summed E-state index contributed by atoms with van der Waals surface area (Å²) < 4.78 is 5.06. The molecule has 0 saturated carbocycles. The number of aliphatic hydroxyl groups excluding tert-OH is 1. The third-order valence-electron chi connectivity index (χ3n) is 8.08. The lowest BCUT2D eigenvalue weighted by molar-refractivity contribution is -0.142. The number of anilines is 1. The maximum Gasteiger partial charge on any atom is 0.256 e. The molecule has 206 valence electrons. The number of carbonyl (C=O) groups excluding carboxylic acids is 2. The summed E-state index contributed by atoms with van der Waals surface area (Å²) in [6, 6.07) is 14.9. The molecule has 0 unspecified atom stereocenters. The van der Waals surface area contributed by atoms with Gasteiger partial charge in [0.15, 0.2) is 6.10 Å². The molecule has 8 heteroatoms. The van der Waals surface area contributed by atoms with Gasteiger partial charge in [0.1, 0.15) is 0 Å². The van der Waals surface area contributed by atoms with Gasteiger partial charge < -0.3 is 24.5 Å². The SMILES string of the molecule is COCCN(C)C(=O)c1ccc(N2CCC(CC3CCN(C(=O)[C@H](O)c4ccccc4)CC3)CC2)cc1Cl. The molecule has 1 N–H and O–H groups in total. The monoisotopic (exact) mass is 541 g/mol. The molecule has 0 spiro atoms. The highest BCUT2D eigenvalue weighted by Gasteiger charge is 2.30. The van der Waals surface area contributed by atoms with Crippen LogP contribution in [-0.4, -0.2) is 80.2 Å². The van der Waals surface area contributed by atoms with E-state index < -0.39 is 6.10 Å². The number of methoxy groups -OCH3 is 1. The molecule has 1 atom stereocenters. The molecule has 0 radical (unpaired) electrons. The summed E-state index contributed by atoms with van der Waals surface area (Å²) >= 11 is 6.52. The first-order valence-corrected chi connectivity index (χ1v) is 14.1. The van der Waals surface area contributed by atoms with Crippen molar-refractivity contribution in [3.05, 3.63) is 64.7 Å². The predicted molar refractivity (Wildman–Crippen MR) is 151 cm³/mol. The highest BCUT2D eigenvalue weighted by molar-refractivity contribution is 6.34. The van der Waals surface area contributed by atoms with Gasteiger partial charge in [-0.3, -0.25) is 9.59 Å². The summed E-state index contributed by atoms with van der Waals surface area (Å²) in [6.07, 6.45) is 4.37. The van der Waals surface area contributed by atoms with Crippen molar-refractivity contribution in [2.24, 2.45) is 11.8 Å². The number of aliphatic hydroxyl groups is 1. The second kappa shape index (κ2) is 13.5. The molecule has 38 heavy (non-hydrogen) atoms. The van der Waals surface area contributed by atoms with Crippen molar-refractivity contribution >= 4 is 29.1 Å². The summed E-state index contributed by atoms with van der Waals surface area (Å²) in [4.78, 5) is 31.3. The van der Waals surface area contributed by atoms with Crippen LogP contribution in [0.4, 0.5) is 5.69 Å². The minimum absolute atomic E-state index is 0.0976. The Bertz CT molecular complexity index is 1070. The Balaban J connectivity index is 1.22. The maximum atomic E-state index is 12.8. The van der Waals surface area contributed by atoms with Crippen molar-refractivity contribution in [2.45, 2.75) is 38.2 Å². The zero-order valence-electron chi connectivity index (χ0n) is 22.5. The fraction of sp³-hybridized carbons (Fsp3) is 0.533. The molecule has 2 heterocycles. The van der Waals surface area contributed by atoms with Crippen LogP contribution in [0.1, 0.15) is 54.1 Å². The minimum Gasteiger partial charge on any atom is -0.383 e. The largest absolute Gasteiger partial charge is 0.383 e. The van der Waals surface area contributed by atoms with Gasteiger partial charge in [0.05, 0.1) is 17.2 Å². The van der Waals surface area contributed by atoms with E-state index in [1.807, 2.05) is 41.3 Å². The number of benzene rings is 2. The Kier molecular flexibility index (Phi) is 10.1. The van der Waals surface area contributed by atoms with Crippen LogP contribution in [0.25, 0.3) is 0 Å². The fourth-order valence-electron chi connectivity index (χ4n) is 5.65. The molecule has 2 aliphatic heterocycles. The Hall–Kier alpha value is -2.61. The van der Waals surface area contributed by atoms with E-state index in [0.29, 0.717) is 41.1 Å². The number of ether oxygens (including phenoxy) is 1. The molecular weight excluding hydrogens is 502 g/mol. The molecule has 0 bridgehead atoms. The van der Waals surface area contributed by atoms with Crippen LogP contribution < -0.4 is 4.90 Å². The molecule has 2 aliphatic rings. The Morgan fingerprint density at radius 3 is 2.26 bits per heavy atom. The number of likely N-dealkylation sites (N-methyl/N-ethyl adjacent to an activating group) is 1. The first-order chi connectivity index (χ1) is 18.4. The molecule has 2 aromatic rings. The predicted octanol–water partition coefficient (Wildman–Crippen LogP) is 4.64. The molecule has 2 saturated heterocycles. The normalized spacial score (nSPS) is 17.9. The number of hydrogen-bond acceptors (Lipinski definition) is 5. The van der Waals surface area contributed by atoms with Gasteiger partial charge in [-0.2, -0.15) is 0 Å². The van der Waals surface area contributed by atoms with Gasteiger partial charge in [0.2, 0.25) is 0 Å². The van der Waals surface area contributed by atoms with E-state index in [2.05, 4.69) is 4.90 Å². The van der Waals surface area contributed by atoms with Gasteiger partial charge in [-0.25, -0.2) is 0 Å². The number of likely N-dealkylation sites (tertiary alicyclic amines) is 1. The molecule has 2 amide bonds. The van der Waals surface area contributed by atoms with Gasteiger partial charge in [-0.1, -0.05) is 41.9 Å². The van der Waals surface area contributed by atoms with Crippen LogP contribution >= 0.6 is 11.6 Å². The van der Waals surface area contributed by atoms with E-state index >= 15 is 0 Å². The Morgan fingerprint density at radius 1 is 1.03 bits per heavy atom. The summed E-state index contributed by atoms with van der Waals surface area (Å²) in [5, 5.41) is 11.0. The van der Waals surface area contributed by atoms with Crippen molar-refractivity contribution in [3.63, 3.8) is 0 Å². The van der Waals surface area contributed by atoms with Crippen LogP contribution in [0.3, 0.4) is 0 Å². The molecular formula is C30H40ClN3O4. The number of hydrogen-bond donors (Lipinski definition) is 1. The van der Waals surface area contributed by atoms with E-state index in [-0.39, 0.29) is 11.8 Å². The maximum absolute atomic E-state index is 12.8. The first-order valence-electron chi connectivity index (χ1n) is 13.7. The van der Waals surface area contributed by atoms with Crippen molar-refractivity contribution in [3.8, 4) is 0 Å². The zero-order valence-corrected chi connectivity index (χ0v) is 23.3. The van der Waals surface area contributed by atoms with Gasteiger partial charge in [-0.05, 0) is 67.7 Å². The number of piperidine rings is 2.